The van der Waals surface area contributed by atoms with Gasteiger partial charge in [0.05, 0.1) is 24.0 Å². The fraction of sp³-hybridized carbons (Fsp3) is 0.273. The maximum atomic E-state index is 11.5. The van der Waals surface area contributed by atoms with E-state index < -0.39 is 5.91 Å². The minimum absolute atomic E-state index is 0.327. The molecule has 0 saturated carbocycles. The van der Waals surface area contributed by atoms with Crippen LogP contribution in [0, 0.1) is 0 Å². The molecule has 2 aromatic heterocycles. The number of anilines is 2. The molecule has 0 spiro atoms. The zero-order valence-electron chi connectivity index (χ0n) is 10.2. The van der Waals surface area contributed by atoms with E-state index in [1.165, 1.54) is 6.20 Å². The molecule has 0 aliphatic carbocycles. The molecule has 0 saturated heterocycles. The van der Waals surface area contributed by atoms with Gasteiger partial charge in [-0.3, -0.25) is 4.79 Å². The predicted octanol–water partition coefficient (Wildman–Crippen LogP) is -0.626. The standard InChI is InChI=1S/C11H13N7O/c12-7-3-8(10(13)19)11(14-4-7)17-1-2-18-6-15-16-9(18)5-17/h3-4,6H,1-2,5,12H2,(H2,13,19). The van der Waals surface area contributed by atoms with Crippen molar-refractivity contribution in [3.8, 4) is 0 Å². The number of carbonyl (C=O) groups excluding carboxylic acids is 1. The van der Waals surface area contributed by atoms with E-state index in [1.54, 1.807) is 12.4 Å². The van der Waals surface area contributed by atoms with Crippen LogP contribution in [0.3, 0.4) is 0 Å². The topological polar surface area (TPSA) is 116 Å². The highest BCUT2D eigenvalue weighted by molar-refractivity contribution is 5.98. The summed E-state index contributed by atoms with van der Waals surface area (Å²) in [7, 11) is 0. The van der Waals surface area contributed by atoms with Crippen LogP contribution in [-0.2, 0) is 13.1 Å². The average molecular weight is 259 g/mol. The van der Waals surface area contributed by atoms with Gasteiger partial charge in [-0.05, 0) is 6.07 Å². The summed E-state index contributed by atoms with van der Waals surface area (Å²) in [6, 6.07) is 1.55. The summed E-state index contributed by atoms with van der Waals surface area (Å²) in [5, 5.41) is 7.89. The van der Waals surface area contributed by atoms with E-state index in [4.69, 9.17) is 11.5 Å². The SMILES string of the molecule is NC(=O)c1cc(N)cnc1N1CCn2cnnc2C1. The summed E-state index contributed by atoms with van der Waals surface area (Å²) in [5.41, 5.74) is 11.8. The van der Waals surface area contributed by atoms with Crippen molar-refractivity contribution in [3.63, 3.8) is 0 Å². The quantitative estimate of drug-likeness (QED) is 0.742. The molecule has 19 heavy (non-hydrogen) atoms. The maximum absolute atomic E-state index is 11.5. The number of fused-ring (bicyclic) bond motifs is 1. The minimum Gasteiger partial charge on any atom is -0.397 e. The second-order valence-corrected chi connectivity index (χ2v) is 4.37. The molecule has 8 nitrogen and oxygen atoms in total. The molecule has 3 heterocycles. The highest BCUT2D eigenvalue weighted by Gasteiger charge is 2.22. The zero-order valence-corrected chi connectivity index (χ0v) is 10.2. The van der Waals surface area contributed by atoms with Crippen molar-refractivity contribution in [2.24, 2.45) is 5.73 Å². The summed E-state index contributed by atoms with van der Waals surface area (Å²) >= 11 is 0. The summed E-state index contributed by atoms with van der Waals surface area (Å²) in [6.45, 7) is 1.99. The summed E-state index contributed by atoms with van der Waals surface area (Å²) in [4.78, 5) is 17.7. The lowest BCUT2D eigenvalue weighted by Crippen LogP contribution is -2.35. The Kier molecular flexibility index (Phi) is 2.55. The zero-order chi connectivity index (χ0) is 13.4. The fourth-order valence-electron chi connectivity index (χ4n) is 2.15. The minimum atomic E-state index is -0.540. The van der Waals surface area contributed by atoms with Crippen molar-refractivity contribution in [1.29, 1.82) is 0 Å². The lowest BCUT2D eigenvalue weighted by Gasteiger charge is -2.29. The smallest absolute Gasteiger partial charge is 0.252 e. The Bertz CT molecular complexity index is 636. The molecule has 0 unspecified atom stereocenters. The molecule has 0 atom stereocenters. The van der Waals surface area contributed by atoms with Crippen molar-refractivity contribution in [2.45, 2.75) is 13.1 Å². The van der Waals surface area contributed by atoms with Gasteiger partial charge >= 0.3 is 0 Å². The summed E-state index contributed by atoms with van der Waals surface area (Å²) < 4.78 is 1.97. The molecule has 1 aliphatic heterocycles. The molecule has 0 radical (unpaired) electrons. The third-order valence-electron chi connectivity index (χ3n) is 3.09. The number of rotatable bonds is 2. The van der Waals surface area contributed by atoms with Gasteiger partial charge in [-0.15, -0.1) is 10.2 Å². The number of primary amides is 1. The van der Waals surface area contributed by atoms with Gasteiger partial charge in [0.25, 0.3) is 5.91 Å². The molecule has 3 rings (SSSR count). The highest BCUT2D eigenvalue weighted by atomic mass is 16.1. The van der Waals surface area contributed by atoms with Gasteiger partial charge in [0.1, 0.15) is 12.1 Å². The average Bonchev–Trinajstić information content (AvgIpc) is 2.85. The first-order chi connectivity index (χ1) is 9.15. The van der Waals surface area contributed by atoms with Crippen LogP contribution in [0.1, 0.15) is 16.2 Å². The number of pyridine rings is 1. The molecule has 4 N–H and O–H groups in total. The molecule has 0 aromatic carbocycles. The van der Waals surface area contributed by atoms with E-state index >= 15 is 0 Å². The van der Waals surface area contributed by atoms with E-state index in [9.17, 15) is 4.79 Å². The molecular weight excluding hydrogens is 246 g/mol. The van der Waals surface area contributed by atoms with E-state index in [2.05, 4.69) is 15.2 Å². The van der Waals surface area contributed by atoms with Gasteiger partial charge < -0.3 is 20.9 Å². The van der Waals surface area contributed by atoms with Gasteiger partial charge in [-0.25, -0.2) is 4.98 Å². The van der Waals surface area contributed by atoms with Crippen LogP contribution < -0.4 is 16.4 Å². The Balaban J connectivity index is 1.98. The Morgan fingerprint density at radius 2 is 2.21 bits per heavy atom. The monoisotopic (exact) mass is 259 g/mol. The van der Waals surface area contributed by atoms with Gasteiger partial charge in [0.2, 0.25) is 0 Å². The Morgan fingerprint density at radius 1 is 1.37 bits per heavy atom. The van der Waals surface area contributed by atoms with Crippen LogP contribution in [-0.4, -0.2) is 32.2 Å². The van der Waals surface area contributed by atoms with Gasteiger partial charge in [-0.2, -0.15) is 0 Å². The number of nitrogens with zero attached hydrogens (tertiary/aromatic N) is 5. The number of aromatic nitrogens is 4. The second kappa shape index (κ2) is 4.23. The molecule has 98 valence electrons. The van der Waals surface area contributed by atoms with Gasteiger partial charge in [0, 0.05) is 13.1 Å². The molecule has 1 aliphatic rings. The number of hydrogen-bond acceptors (Lipinski definition) is 6. The van der Waals surface area contributed by atoms with Gasteiger partial charge in [-0.1, -0.05) is 0 Å². The molecule has 2 aromatic rings. The van der Waals surface area contributed by atoms with E-state index in [-0.39, 0.29) is 0 Å². The summed E-state index contributed by atoms with van der Waals surface area (Å²) in [5.74, 6) is 0.832. The first-order valence-electron chi connectivity index (χ1n) is 5.82. The molecule has 8 heteroatoms. The van der Waals surface area contributed by atoms with Crippen molar-refractivity contribution >= 4 is 17.4 Å². The lowest BCUT2D eigenvalue weighted by molar-refractivity contribution is 0.100. The van der Waals surface area contributed by atoms with Crippen molar-refractivity contribution in [1.82, 2.24) is 19.7 Å². The molecule has 0 bridgehead atoms. The van der Waals surface area contributed by atoms with Crippen LogP contribution in [0.4, 0.5) is 11.5 Å². The fourth-order valence-corrected chi connectivity index (χ4v) is 2.15. The van der Waals surface area contributed by atoms with Crippen LogP contribution in [0.5, 0.6) is 0 Å². The highest BCUT2D eigenvalue weighted by Crippen LogP contribution is 2.23. The van der Waals surface area contributed by atoms with Crippen LogP contribution in [0.25, 0.3) is 0 Å². The maximum Gasteiger partial charge on any atom is 0.252 e. The van der Waals surface area contributed by atoms with Crippen molar-refractivity contribution < 1.29 is 4.79 Å². The van der Waals surface area contributed by atoms with Gasteiger partial charge in [0.15, 0.2) is 5.82 Å². The van der Waals surface area contributed by atoms with Crippen LogP contribution in [0.2, 0.25) is 0 Å². The third-order valence-corrected chi connectivity index (χ3v) is 3.09. The van der Waals surface area contributed by atoms with Crippen molar-refractivity contribution in [2.75, 3.05) is 17.2 Å². The molecular formula is C11H13N7O. The first-order valence-corrected chi connectivity index (χ1v) is 5.82. The van der Waals surface area contributed by atoms with Crippen molar-refractivity contribution in [3.05, 3.63) is 30.0 Å². The van der Waals surface area contributed by atoms with E-state index in [1.807, 2.05) is 9.47 Å². The molecule has 0 fully saturated rings. The Hall–Kier alpha value is -2.64. The lowest BCUT2D eigenvalue weighted by atomic mass is 10.2. The van der Waals surface area contributed by atoms with E-state index in [0.29, 0.717) is 30.2 Å². The second-order valence-electron chi connectivity index (χ2n) is 4.37. The first kappa shape index (κ1) is 11.5. The third kappa shape index (κ3) is 1.96. The number of amides is 1. The largest absolute Gasteiger partial charge is 0.397 e. The predicted molar refractivity (Wildman–Crippen MR) is 68.2 cm³/mol. The van der Waals surface area contributed by atoms with Crippen LogP contribution in [0.15, 0.2) is 18.6 Å². The van der Waals surface area contributed by atoms with Crippen LogP contribution >= 0.6 is 0 Å². The summed E-state index contributed by atoms with van der Waals surface area (Å²) in [6.07, 6.45) is 3.21. The number of nitrogen functional groups attached to an aromatic ring is 1. The van der Waals surface area contributed by atoms with E-state index in [0.717, 1.165) is 12.4 Å². The normalized spacial score (nSPS) is 14.2. The molecule has 1 amide bonds. The number of carbonyl (C=O) groups is 1. The Morgan fingerprint density at radius 3 is 3.00 bits per heavy atom. The Labute approximate surface area is 109 Å². The number of nitrogens with two attached hydrogens (primary N) is 2. The number of hydrogen-bond donors (Lipinski definition) is 2.